The number of nitrogens with one attached hydrogen (secondary N) is 1. The molecule has 1 aliphatic rings. The molecule has 84 valence electrons. The van der Waals surface area contributed by atoms with Crippen molar-refractivity contribution in [2.75, 3.05) is 6.54 Å². The molecule has 0 spiro atoms. The van der Waals surface area contributed by atoms with E-state index in [9.17, 15) is 0 Å². The van der Waals surface area contributed by atoms with Crippen LogP contribution in [0.2, 0.25) is 0 Å². The molecule has 0 unspecified atom stereocenters. The van der Waals surface area contributed by atoms with E-state index >= 15 is 0 Å². The van der Waals surface area contributed by atoms with Gasteiger partial charge in [-0.05, 0) is 42.7 Å². The Morgan fingerprint density at radius 2 is 2.20 bits per heavy atom. The average molecular weight is 207 g/mol. The standard InChI is InChI=1S/C13H21NO/c1-10(2)13(5-6-13)9-14-8-12-11(3)4-7-15-12/h4,7,10,14H,5-6,8-9H2,1-3H3. The number of rotatable bonds is 5. The Balaban J connectivity index is 1.78. The summed E-state index contributed by atoms with van der Waals surface area (Å²) in [4.78, 5) is 0. The zero-order valence-electron chi connectivity index (χ0n) is 9.97. The average Bonchev–Trinajstić information content (AvgIpc) is 2.87. The van der Waals surface area contributed by atoms with E-state index in [1.165, 1.54) is 18.4 Å². The van der Waals surface area contributed by atoms with Crippen molar-refractivity contribution < 1.29 is 4.42 Å². The molecular formula is C13H21NO. The maximum atomic E-state index is 5.40. The highest BCUT2D eigenvalue weighted by molar-refractivity contribution is 5.14. The summed E-state index contributed by atoms with van der Waals surface area (Å²) in [6.07, 6.45) is 4.53. The van der Waals surface area contributed by atoms with Crippen LogP contribution in [0.3, 0.4) is 0 Å². The highest BCUT2D eigenvalue weighted by Crippen LogP contribution is 2.51. The second-order valence-corrected chi connectivity index (χ2v) is 5.15. The molecule has 1 saturated carbocycles. The van der Waals surface area contributed by atoms with Gasteiger partial charge in [-0.25, -0.2) is 0 Å². The van der Waals surface area contributed by atoms with Crippen molar-refractivity contribution in [1.82, 2.24) is 5.32 Å². The van der Waals surface area contributed by atoms with E-state index in [0.29, 0.717) is 5.41 Å². The first-order chi connectivity index (χ1) is 7.14. The summed E-state index contributed by atoms with van der Waals surface area (Å²) >= 11 is 0. The smallest absolute Gasteiger partial charge is 0.120 e. The monoisotopic (exact) mass is 207 g/mol. The molecule has 0 aliphatic heterocycles. The van der Waals surface area contributed by atoms with Crippen LogP contribution < -0.4 is 5.32 Å². The highest BCUT2D eigenvalue weighted by atomic mass is 16.3. The minimum atomic E-state index is 0.584. The molecule has 0 radical (unpaired) electrons. The molecule has 1 aromatic rings. The lowest BCUT2D eigenvalue weighted by Crippen LogP contribution is -2.27. The minimum absolute atomic E-state index is 0.584. The van der Waals surface area contributed by atoms with Gasteiger partial charge in [0.1, 0.15) is 5.76 Å². The van der Waals surface area contributed by atoms with Crippen molar-refractivity contribution in [3.8, 4) is 0 Å². The Hall–Kier alpha value is -0.760. The van der Waals surface area contributed by atoms with Gasteiger partial charge in [0.05, 0.1) is 12.8 Å². The van der Waals surface area contributed by atoms with Gasteiger partial charge < -0.3 is 9.73 Å². The van der Waals surface area contributed by atoms with Crippen molar-refractivity contribution in [2.45, 2.75) is 40.2 Å². The molecule has 2 heteroatoms. The quantitative estimate of drug-likeness (QED) is 0.802. The van der Waals surface area contributed by atoms with Gasteiger partial charge >= 0.3 is 0 Å². The van der Waals surface area contributed by atoms with Crippen LogP contribution in [0.4, 0.5) is 0 Å². The summed E-state index contributed by atoms with van der Waals surface area (Å²) in [6.45, 7) is 8.74. The van der Waals surface area contributed by atoms with Gasteiger partial charge in [-0.3, -0.25) is 0 Å². The fraction of sp³-hybridized carbons (Fsp3) is 0.692. The van der Waals surface area contributed by atoms with Crippen LogP contribution in [0.15, 0.2) is 16.7 Å². The number of hydrogen-bond acceptors (Lipinski definition) is 2. The molecule has 2 nitrogen and oxygen atoms in total. The van der Waals surface area contributed by atoms with Gasteiger partial charge in [-0.1, -0.05) is 13.8 Å². The van der Waals surface area contributed by atoms with Gasteiger partial charge in [0.2, 0.25) is 0 Å². The van der Waals surface area contributed by atoms with Crippen LogP contribution in [0, 0.1) is 18.3 Å². The molecule has 1 N–H and O–H groups in total. The maximum absolute atomic E-state index is 5.40. The summed E-state index contributed by atoms with van der Waals surface area (Å²) in [7, 11) is 0. The molecular weight excluding hydrogens is 186 g/mol. The fourth-order valence-electron chi connectivity index (χ4n) is 2.13. The Bertz CT molecular complexity index is 323. The van der Waals surface area contributed by atoms with Crippen LogP contribution >= 0.6 is 0 Å². The summed E-state index contributed by atoms with van der Waals surface area (Å²) in [5, 5.41) is 3.52. The van der Waals surface area contributed by atoms with E-state index in [1.54, 1.807) is 6.26 Å². The second kappa shape index (κ2) is 4.01. The van der Waals surface area contributed by atoms with Crippen LogP contribution in [0.1, 0.15) is 38.0 Å². The third-order valence-corrected chi connectivity index (χ3v) is 3.85. The topological polar surface area (TPSA) is 25.2 Å². The molecule has 1 heterocycles. The lowest BCUT2D eigenvalue weighted by Gasteiger charge is -2.19. The first-order valence-corrected chi connectivity index (χ1v) is 5.88. The van der Waals surface area contributed by atoms with Gasteiger partial charge in [0.25, 0.3) is 0 Å². The predicted molar refractivity (Wildman–Crippen MR) is 61.7 cm³/mol. The summed E-state index contributed by atoms with van der Waals surface area (Å²) in [6, 6.07) is 2.02. The molecule has 0 amide bonds. The SMILES string of the molecule is Cc1ccoc1CNCC1(C(C)C)CC1. The first kappa shape index (κ1) is 10.7. The van der Waals surface area contributed by atoms with Crippen molar-refractivity contribution in [3.63, 3.8) is 0 Å². The first-order valence-electron chi connectivity index (χ1n) is 5.88. The number of aryl methyl sites for hydroxylation is 1. The fourth-order valence-corrected chi connectivity index (χ4v) is 2.13. The van der Waals surface area contributed by atoms with Crippen molar-refractivity contribution in [2.24, 2.45) is 11.3 Å². The predicted octanol–water partition coefficient (Wildman–Crippen LogP) is 3.11. The van der Waals surface area contributed by atoms with Crippen molar-refractivity contribution in [3.05, 3.63) is 23.7 Å². The molecule has 1 fully saturated rings. The lowest BCUT2D eigenvalue weighted by molar-refractivity contribution is 0.331. The van der Waals surface area contributed by atoms with Crippen LogP contribution in [-0.2, 0) is 6.54 Å². The minimum Gasteiger partial charge on any atom is -0.468 e. The molecule has 0 aromatic carbocycles. The molecule has 1 aromatic heterocycles. The van der Waals surface area contributed by atoms with E-state index in [4.69, 9.17) is 4.42 Å². The second-order valence-electron chi connectivity index (χ2n) is 5.15. The van der Waals surface area contributed by atoms with Gasteiger partial charge in [-0.2, -0.15) is 0 Å². The maximum Gasteiger partial charge on any atom is 0.120 e. The Morgan fingerprint density at radius 1 is 1.47 bits per heavy atom. The summed E-state index contributed by atoms with van der Waals surface area (Å²) < 4.78 is 5.40. The number of furan rings is 1. The molecule has 15 heavy (non-hydrogen) atoms. The number of hydrogen-bond donors (Lipinski definition) is 1. The summed E-state index contributed by atoms with van der Waals surface area (Å²) in [5.41, 5.74) is 1.83. The zero-order valence-corrected chi connectivity index (χ0v) is 9.97. The van der Waals surface area contributed by atoms with E-state index < -0.39 is 0 Å². The molecule has 0 saturated heterocycles. The van der Waals surface area contributed by atoms with E-state index in [0.717, 1.165) is 24.8 Å². The van der Waals surface area contributed by atoms with Crippen molar-refractivity contribution in [1.29, 1.82) is 0 Å². The Labute approximate surface area is 92.1 Å². The summed E-state index contributed by atoms with van der Waals surface area (Å²) in [5.74, 6) is 1.87. The van der Waals surface area contributed by atoms with E-state index in [1.807, 2.05) is 6.07 Å². The molecule has 2 rings (SSSR count). The molecule has 0 bridgehead atoms. The van der Waals surface area contributed by atoms with Crippen molar-refractivity contribution >= 4 is 0 Å². The van der Waals surface area contributed by atoms with E-state index in [-0.39, 0.29) is 0 Å². The normalized spacial score (nSPS) is 18.4. The third kappa shape index (κ3) is 2.25. The zero-order chi connectivity index (χ0) is 10.9. The van der Waals surface area contributed by atoms with Gasteiger partial charge in [0.15, 0.2) is 0 Å². The van der Waals surface area contributed by atoms with E-state index in [2.05, 4.69) is 26.1 Å². The van der Waals surface area contributed by atoms with Crippen LogP contribution in [0.5, 0.6) is 0 Å². The highest BCUT2D eigenvalue weighted by Gasteiger charge is 2.44. The Kier molecular flexibility index (Phi) is 2.87. The third-order valence-electron chi connectivity index (χ3n) is 3.85. The lowest BCUT2D eigenvalue weighted by atomic mass is 9.92. The largest absolute Gasteiger partial charge is 0.468 e. The van der Waals surface area contributed by atoms with Crippen LogP contribution in [-0.4, -0.2) is 6.54 Å². The molecule has 1 aliphatic carbocycles. The molecule has 0 atom stereocenters. The van der Waals surface area contributed by atoms with Crippen LogP contribution in [0.25, 0.3) is 0 Å². The van der Waals surface area contributed by atoms with Gasteiger partial charge in [-0.15, -0.1) is 0 Å². The van der Waals surface area contributed by atoms with Gasteiger partial charge in [0, 0.05) is 6.54 Å². The Morgan fingerprint density at radius 3 is 2.67 bits per heavy atom.